The Morgan fingerprint density at radius 3 is 2.79 bits per heavy atom. The van der Waals surface area contributed by atoms with Crippen LogP contribution in [0.5, 0.6) is 11.5 Å². The van der Waals surface area contributed by atoms with E-state index in [0.29, 0.717) is 30.1 Å². The third kappa shape index (κ3) is 6.05. The Bertz CT molecular complexity index is 860. The van der Waals surface area contributed by atoms with E-state index in [1.807, 2.05) is 6.92 Å². The van der Waals surface area contributed by atoms with Crippen LogP contribution in [0.4, 0.5) is 0 Å². The Morgan fingerprint density at radius 1 is 1.17 bits per heavy atom. The molecule has 29 heavy (non-hydrogen) atoms. The lowest BCUT2D eigenvalue weighted by molar-refractivity contribution is 0.0161. The van der Waals surface area contributed by atoms with Gasteiger partial charge in [0.05, 0.1) is 18.3 Å². The maximum atomic E-state index is 12.7. The van der Waals surface area contributed by atoms with E-state index in [0.717, 1.165) is 23.7 Å². The molecule has 1 saturated heterocycles. The highest BCUT2D eigenvalue weighted by molar-refractivity contribution is 9.10. The summed E-state index contributed by atoms with van der Waals surface area (Å²) in [6.45, 7) is 3.40. The topological polar surface area (TPSA) is 71.1 Å². The van der Waals surface area contributed by atoms with Crippen LogP contribution in [0.25, 0.3) is 0 Å². The standard InChI is InChI=1S/C22H23BrO6/c1-2-10-27-20-9-8-16(23)13-19(20)22(25)29-17-6-3-5-15(12-17)21(24)28-14-18-7-4-11-26-18/h3,5-6,8-9,12-13,18H,2,4,7,10-11,14H2,1H3. The fourth-order valence-electron chi connectivity index (χ4n) is 2.88. The van der Waals surface area contributed by atoms with E-state index in [1.54, 1.807) is 36.4 Å². The Hall–Kier alpha value is -2.38. The number of benzene rings is 2. The van der Waals surface area contributed by atoms with Crippen molar-refractivity contribution < 1.29 is 28.5 Å². The van der Waals surface area contributed by atoms with Crippen molar-refractivity contribution in [2.75, 3.05) is 19.8 Å². The Balaban J connectivity index is 1.67. The lowest BCUT2D eigenvalue weighted by atomic mass is 10.2. The van der Waals surface area contributed by atoms with Gasteiger partial charge >= 0.3 is 11.9 Å². The highest BCUT2D eigenvalue weighted by Crippen LogP contribution is 2.26. The van der Waals surface area contributed by atoms with Gasteiger partial charge in [0.15, 0.2) is 0 Å². The molecule has 2 aromatic rings. The van der Waals surface area contributed by atoms with Crippen molar-refractivity contribution >= 4 is 27.9 Å². The zero-order valence-corrected chi connectivity index (χ0v) is 17.8. The van der Waals surface area contributed by atoms with Gasteiger partial charge in [-0.05, 0) is 55.7 Å². The van der Waals surface area contributed by atoms with Gasteiger partial charge in [-0.1, -0.05) is 28.9 Å². The molecule has 0 saturated carbocycles. The quantitative estimate of drug-likeness (QED) is 0.414. The molecule has 154 valence electrons. The van der Waals surface area contributed by atoms with Crippen LogP contribution in [0.2, 0.25) is 0 Å². The number of carbonyl (C=O) groups is 2. The molecule has 3 rings (SSSR count). The lowest BCUT2D eigenvalue weighted by Gasteiger charge is -2.12. The van der Waals surface area contributed by atoms with Gasteiger partial charge in [0.1, 0.15) is 23.7 Å². The summed E-state index contributed by atoms with van der Waals surface area (Å²) in [7, 11) is 0. The predicted molar refractivity (Wildman–Crippen MR) is 111 cm³/mol. The van der Waals surface area contributed by atoms with Gasteiger partial charge < -0.3 is 18.9 Å². The number of hydrogen-bond acceptors (Lipinski definition) is 6. The van der Waals surface area contributed by atoms with Crippen LogP contribution in [0, 0.1) is 0 Å². The fraction of sp³-hybridized carbons (Fsp3) is 0.364. The maximum absolute atomic E-state index is 12.7. The molecule has 0 bridgehead atoms. The molecule has 0 amide bonds. The van der Waals surface area contributed by atoms with Gasteiger partial charge in [-0.2, -0.15) is 0 Å². The molecule has 0 radical (unpaired) electrons. The van der Waals surface area contributed by atoms with Gasteiger partial charge in [0.25, 0.3) is 0 Å². The third-order valence-corrected chi connectivity index (χ3v) is 4.82. The Labute approximate surface area is 178 Å². The van der Waals surface area contributed by atoms with E-state index < -0.39 is 11.9 Å². The Morgan fingerprint density at radius 2 is 2.03 bits per heavy atom. The van der Waals surface area contributed by atoms with E-state index in [4.69, 9.17) is 18.9 Å². The number of esters is 2. The van der Waals surface area contributed by atoms with Crippen LogP contribution < -0.4 is 9.47 Å². The summed E-state index contributed by atoms with van der Waals surface area (Å²) in [6.07, 6.45) is 2.64. The molecule has 1 aliphatic heterocycles. The molecule has 6 nitrogen and oxygen atoms in total. The number of carbonyl (C=O) groups excluding carboxylic acids is 2. The highest BCUT2D eigenvalue weighted by Gasteiger charge is 2.19. The van der Waals surface area contributed by atoms with Crippen LogP contribution in [-0.4, -0.2) is 37.9 Å². The molecule has 0 spiro atoms. The first kappa shape index (κ1) is 21.3. The molecule has 0 aromatic heterocycles. The summed E-state index contributed by atoms with van der Waals surface area (Å²) in [5, 5.41) is 0. The second-order valence-corrected chi connectivity index (χ2v) is 7.56. The first-order valence-electron chi connectivity index (χ1n) is 9.60. The van der Waals surface area contributed by atoms with Crippen molar-refractivity contribution in [3.8, 4) is 11.5 Å². The number of rotatable bonds is 8. The number of ether oxygens (including phenoxy) is 4. The number of hydrogen-bond donors (Lipinski definition) is 0. The van der Waals surface area contributed by atoms with Crippen LogP contribution >= 0.6 is 15.9 Å². The summed E-state index contributed by atoms with van der Waals surface area (Å²) >= 11 is 3.36. The second kappa shape index (κ2) is 10.4. The maximum Gasteiger partial charge on any atom is 0.347 e. The molecular formula is C22H23BrO6. The number of halogens is 1. The molecule has 1 aliphatic rings. The van der Waals surface area contributed by atoms with E-state index in [-0.39, 0.29) is 18.5 Å². The molecule has 2 aromatic carbocycles. The zero-order valence-electron chi connectivity index (χ0n) is 16.2. The van der Waals surface area contributed by atoms with Crippen molar-refractivity contribution in [2.24, 2.45) is 0 Å². The summed E-state index contributed by atoms with van der Waals surface area (Å²) < 4.78 is 22.6. The molecular weight excluding hydrogens is 440 g/mol. The SMILES string of the molecule is CCCOc1ccc(Br)cc1C(=O)Oc1cccc(C(=O)OCC2CCCO2)c1. The van der Waals surface area contributed by atoms with Crippen molar-refractivity contribution in [2.45, 2.75) is 32.3 Å². The Kier molecular flexibility index (Phi) is 7.66. The average Bonchev–Trinajstić information content (AvgIpc) is 3.25. The predicted octanol–water partition coefficient (Wildman–Crippen LogP) is 4.79. The molecule has 0 N–H and O–H groups in total. The minimum atomic E-state index is -0.567. The monoisotopic (exact) mass is 462 g/mol. The molecule has 7 heteroatoms. The molecule has 1 atom stereocenters. The van der Waals surface area contributed by atoms with Gasteiger partial charge in [0.2, 0.25) is 0 Å². The van der Waals surface area contributed by atoms with Gasteiger partial charge in [0, 0.05) is 11.1 Å². The van der Waals surface area contributed by atoms with Crippen molar-refractivity contribution in [3.63, 3.8) is 0 Å². The van der Waals surface area contributed by atoms with E-state index in [2.05, 4.69) is 15.9 Å². The van der Waals surface area contributed by atoms with Crippen molar-refractivity contribution in [1.82, 2.24) is 0 Å². The summed E-state index contributed by atoms with van der Waals surface area (Å²) in [4.78, 5) is 25.0. The van der Waals surface area contributed by atoms with Crippen LogP contribution in [0.3, 0.4) is 0 Å². The van der Waals surface area contributed by atoms with Crippen molar-refractivity contribution in [3.05, 3.63) is 58.1 Å². The van der Waals surface area contributed by atoms with E-state index in [9.17, 15) is 9.59 Å². The van der Waals surface area contributed by atoms with Gasteiger partial charge in [-0.15, -0.1) is 0 Å². The van der Waals surface area contributed by atoms with Crippen LogP contribution in [0.15, 0.2) is 46.9 Å². The zero-order chi connectivity index (χ0) is 20.6. The van der Waals surface area contributed by atoms with Crippen LogP contribution in [-0.2, 0) is 9.47 Å². The van der Waals surface area contributed by atoms with Gasteiger partial charge in [-0.3, -0.25) is 0 Å². The smallest absolute Gasteiger partial charge is 0.347 e. The molecule has 0 aliphatic carbocycles. The minimum absolute atomic E-state index is 0.0435. The van der Waals surface area contributed by atoms with Crippen molar-refractivity contribution in [1.29, 1.82) is 0 Å². The van der Waals surface area contributed by atoms with Gasteiger partial charge in [-0.25, -0.2) is 9.59 Å². The highest BCUT2D eigenvalue weighted by atomic mass is 79.9. The minimum Gasteiger partial charge on any atom is -0.493 e. The molecule has 1 fully saturated rings. The second-order valence-electron chi connectivity index (χ2n) is 6.64. The summed E-state index contributed by atoms with van der Waals surface area (Å²) in [6, 6.07) is 11.5. The summed E-state index contributed by atoms with van der Waals surface area (Å²) in [5.41, 5.74) is 0.615. The third-order valence-electron chi connectivity index (χ3n) is 4.33. The first-order valence-corrected chi connectivity index (χ1v) is 10.4. The first-order chi connectivity index (χ1) is 14.1. The van der Waals surface area contributed by atoms with E-state index >= 15 is 0 Å². The lowest BCUT2D eigenvalue weighted by Crippen LogP contribution is -2.18. The normalized spacial score (nSPS) is 15.7. The van der Waals surface area contributed by atoms with Crippen LogP contribution in [0.1, 0.15) is 46.9 Å². The largest absolute Gasteiger partial charge is 0.493 e. The van der Waals surface area contributed by atoms with E-state index in [1.165, 1.54) is 6.07 Å². The molecule has 1 heterocycles. The average molecular weight is 463 g/mol. The summed E-state index contributed by atoms with van der Waals surface area (Å²) in [5.74, 6) is -0.342. The fourth-order valence-corrected chi connectivity index (χ4v) is 3.24. The molecule has 1 unspecified atom stereocenters.